The van der Waals surface area contributed by atoms with Crippen molar-refractivity contribution < 1.29 is 4.42 Å². The molecule has 0 aliphatic heterocycles. The second-order valence-electron chi connectivity index (χ2n) is 12.9. The highest BCUT2D eigenvalue weighted by atomic mass is 16.3. The Balaban J connectivity index is 1.26. The Morgan fingerprint density at radius 2 is 0.920 bits per heavy atom. The number of benzene rings is 9. The Kier molecular flexibility index (Phi) is 6.53. The van der Waals surface area contributed by atoms with Gasteiger partial charge in [0.05, 0.1) is 11.4 Å². The minimum Gasteiger partial charge on any atom is -0.453 e. The van der Waals surface area contributed by atoms with E-state index < -0.39 is 0 Å². The van der Waals surface area contributed by atoms with E-state index in [1.54, 1.807) is 0 Å². The quantitative estimate of drug-likeness (QED) is 0.175. The lowest BCUT2D eigenvalue weighted by Crippen LogP contribution is -2.11. The molecule has 0 saturated heterocycles. The number of hydrogen-bond donors (Lipinski definition) is 0. The van der Waals surface area contributed by atoms with Gasteiger partial charge in [-0.15, -0.1) is 0 Å². The summed E-state index contributed by atoms with van der Waals surface area (Å²) in [6.07, 6.45) is 0. The molecular formula is C48H31NO. The number of furan rings is 1. The lowest BCUT2D eigenvalue weighted by Gasteiger charge is -2.28. The third-order valence-corrected chi connectivity index (χ3v) is 10.0. The molecule has 1 aromatic heterocycles. The second-order valence-corrected chi connectivity index (χ2v) is 12.9. The van der Waals surface area contributed by atoms with E-state index in [1.807, 2.05) is 0 Å². The fourth-order valence-electron chi connectivity index (χ4n) is 7.70. The van der Waals surface area contributed by atoms with Gasteiger partial charge in [0.25, 0.3) is 0 Å². The third-order valence-electron chi connectivity index (χ3n) is 10.0. The minimum atomic E-state index is 0.865. The molecule has 0 N–H and O–H groups in total. The average Bonchev–Trinajstić information content (AvgIpc) is 3.59. The van der Waals surface area contributed by atoms with Crippen LogP contribution in [0.15, 0.2) is 192 Å². The van der Waals surface area contributed by atoms with E-state index in [1.165, 1.54) is 43.6 Å². The molecule has 10 rings (SSSR count). The predicted octanol–water partition coefficient (Wildman–Crippen LogP) is 13.8. The van der Waals surface area contributed by atoms with Crippen LogP contribution in [0.1, 0.15) is 0 Å². The second kappa shape index (κ2) is 11.5. The van der Waals surface area contributed by atoms with E-state index >= 15 is 0 Å². The maximum atomic E-state index is 6.95. The van der Waals surface area contributed by atoms with Crippen molar-refractivity contribution in [1.29, 1.82) is 0 Å². The molecule has 50 heavy (non-hydrogen) atoms. The van der Waals surface area contributed by atoms with Gasteiger partial charge >= 0.3 is 0 Å². The van der Waals surface area contributed by atoms with Crippen LogP contribution in [-0.2, 0) is 0 Å². The highest BCUT2D eigenvalue weighted by Crippen LogP contribution is 2.47. The zero-order chi connectivity index (χ0) is 33.0. The monoisotopic (exact) mass is 637 g/mol. The predicted molar refractivity (Wildman–Crippen MR) is 212 cm³/mol. The smallest absolute Gasteiger partial charge is 0.159 e. The molecule has 1 heterocycles. The number of rotatable bonds is 5. The molecule has 0 unspecified atom stereocenters. The number of anilines is 3. The minimum absolute atomic E-state index is 0.865. The SMILES string of the molecule is c1ccc(-c2ccc(N(c3ccccc3-c3cc4ccccc4c4ccccc34)c3cccc4c3oc3c5ccccc5ccc43)cc2)cc1. The summed E-state index contributed by atoms with van der Waals surface area (Å²) in [5, 5.41) is 9.47. The van der Waals surface area contributed by atoms with Gasteiger partial charge in [0, 0.05) is 27.4 Å². The highest BCUT2D eigenvalue weighted by Gasteiger charge is 2.23. The van der Waals surface area contributed by atoms with Gasteiger partial charge in [-0.2, -0.15) is 0 Å². The molecule has 10 aromatic rings. The van der Waals surface area contributed by atoms with Crippen LogP contribution in [0.25, 0.3) is 76.5 Å². The molecule has 0 fully saturated rings. The van der Waals surface area contributed by atoms with Crippen LogP contribution in [0.4, 0.5) is 17.1 Å². The molecular weight excluding hydrogens is 607 g/mol. The van der Waals surface area contributed by atoms with Gasteiger partial charge in [0.2, 0.25) is 0 Å². The van der Waals surface area contributed by atoms with Crippen LogP contribution < -0.4 is 4.90 Å². The van der Waals surface area contributed by atoms with Crippen LogP contribution in [-0.4, -0.2) is 0 Å². The number of para-hydroxylation sites is 2. The number of nitrogens with zero attached hydrogens (tertiary/aromatic N) is 1. The number of fused-ring (bicyclic) bond motifs is 8. The molecule has 0 spiro atoms. The van der Waals surface area contributed by atoms with Crippen molar-refractivity contribution in [3.8, 4) is 22.3 Å². The summed E-state index contributed by atoms with van der Waals surface area (Å²) < 4.78 is 6.95. The van der Waals surface area contributed by atoms with Crippen molar-refractivity contribution in [2.75, 3.05) is 4.90 Å². The van der Waals surface area contributed by atoms with Crippen molar-refractivity contribution in [2.45, 2.75) is 0 Å². The Bertz CT molecular complexity index is 2870. The first kappa shape index (κ1) is 28.4. The average molecular weight is 638 g/mol. The first-order valence-electron chi connectivity index (χ1n) is 17.1. The maximum absolute atomic E-state index is 6.95. The van der Waals surface area contributed by atoms with Crippen molar-refractivity contribution >= 4 is 71.3 Å². The molecule has 234 valence electrons. The maximum Gasteiger partial charge on any atom is 0.159 e. The molecule has 0 atom stereocenters. The van der Waals surface area contributed by atoms with Crippen LogP contribution in [0.5, 0.6) is 0 Å². The Morgan fingerprint density at radius 3 is 1.76 bits per heavy atom. The largest absolute Gasteiger partial charge is 0.453 e. The van der Waals surface area contributed by atoms with Crippen molar-refractivity contribution in [3.05, 3.63) is 188 Å². The van der Waals surface area contributed by atoms with E-state index in [0.717, 1.165) is 50.0 Å². The Labute approximate surface area is 290 Å². The number of hydrogen-bond acceptors (Lipinski definition) is 2. The standard InChI is InChI=1S/C48H31NO/c1-2-13-32(14-3-1)33-25-28-36(29-26-33)49(46-24-12-22-42-43-30-27-34-15-4-7-18-38(34)47(43)50-48(42)46)45-23-11-10-21-41(45)44-31-35-16-5-6-17-37(35)39-19-8-9-20-40(39)44/h1-31H. The van der Waals surface area contributed by atoms with Crippen LogP contribution in [0.3, 0.4) is 0 Å². The lowest BCUT2D eigenvalue weighted by molar-refractivity contribution is 0.673. The summed E-state index contributed by atoms with van der Waals surface area (Å²) in [6.45, 7) is 0. The van der Waals surface area contributed by atoms with Crippen molar-refractivity contribution in [2.24, 2.45) is 0 Å². The van der Waals surface area contributed by atoms with E-state index in [4.69, 9.17) is 4.42 Å². The normalized spacial score (nSPS) is 11.6. The highest BCUT2D eigenvalue weighted by molar-refractivity contribution is 6.18. The summed E-state index contributed by atoms with van der Waals surface area (Å²) in [6, 6.07) is 67.4. The Hall–Kier alpha value is -6.64. The van der Waals surface area contributed by atoms with Gasteiger partial charge < -0.3 is 9.32 Å². The summed E-state index contributed by atoms with van der Waals surface area (Å²) in [5.41, 5.74) is 9.63. The van der Waals surface area contributed by atoms with Gasteiger partial charge in [-0.1, -0.05) is 152 Å². The fraction of sp³-hybridized carbons (Fsp3) is 0. The third kappa shape index (κ3) is 4.50. The van der Waals surface area contributed by atoms with Gasteiger partial charge in [-0.3, -0.25) is 0 Å². The van der Waals surface area contributed by atoms with Crippen molar-refractivity contribution in [1.82, 2.24) is 0 Å². The van der Waals surface area contributed by atoms with E-state index in [-0.39, 0.29) is 0 Å². The topological polar surface area (TPSA) is 16.4 Å². The lowest BCUT2D eigenvalue weighted by atomic mass is 9.92. The Morgan fingerprint density at radius 1 is 0.320 bits per heavy atom. The van der Waals surface area contributed by atoms with Crippen LogP contribution >= 0.6 is 0 Å². The summed E-state index contributed by atoms with van der Waals surface area (Å²) >= 11 is 0. The molecule has 0 saturated carbocycles. The van der Waals surface area contributed by atoms with Gasteiger partial charge in [0.1, 0.15) is 5.58 Å². The summed E-state index contributed by atoms with van der Waals surface area (Å²) in [7, 11) is 0. The molecule has 0 aliphatic carbocycles. The molecule has 9 aromatic carbocycles. The molecule has 0 radical (unpaired) electrons. The van der Waals surface area contributed by atoms with Gasteiger partial charge in [-0.05, 0) is 80.0 Å². The van der Waals surface area contributed by atoms with Gasteiger partial charge in [-0.25, -0.2) is 0 Å². The van der Waals surface area contributed by atoms with Crippen molar-refractivity contribution in [3.63, 3.8) is 0 Å². The first-order chi connectivity index (χ1) is 24.8. The fourth-order valence-corrected chi connectivity index (χ4v) is 7.70. The first-order valence-corrected chi connectivity index (χ1v) is 17.1. The molecule has 0 amide bonds. The van der Waals surface area contributed by atoms with E-state index in [9.17, 15) is 0 Å². The molecule has 2 heteroatoms. The van der Waals surface area contributed by atoms with Gasteiger partial charge in [0.15, 0.2) is 5.58 Å². The molecule has 0 aliphatic rings. The zero-order valence-electron chi connectivity index (χ0n) is 27.3. The molecule has 0 bridgehead atoms. The summed E-state index contributed by atoms with van der Waals surface area (Å²) in [4.78, 5) is 2.38. The summed E-state index contributed by atoms with van der Waals surface area (Å²) in [5.74, 6) is 0. The van der Waals surface area contributed by atoms with E-state index in [0.29, 0.717) is 0 Å². The van der Waals surface area contributed by atoms with E-state index in [2.05, 4.69) is 193 Å². The molecule has 2 nitrogen and oxygen atoms in total. The zero-order valence-corrected chi connectivity index (χ0v) is 27.3. The van der Waals surface area contributed by atoms with Crippen LogP contribution in [0, 0.1) is 0 Å². The van der Waals surface area contributed by atoms with Crippen LogP contribution in [0.2, 0.25) is 0 Å².